The van der Waals surface area contributed by atoms with Gasteiger partial charge in [-0.25, -0.2) is 0 Å². The Labute approximate surface area is 179 Å². The maximum Gasteiger partial charge on any atom is 0.231 e. The van der Waals surface area contributed by atoms with Gasteiger partial charge in [0, 0.05) is 19.6 Å². The minimum atomic E-state index is 0.340. The summed E-state index contributed by atoms with van der Waals surface area (Å²) < 4.78 is 11.2. The van der Waals surface area contributed by atoms with Gasteiger partial charge in [0.1, 0.15) is 0 Å². The van der Waals surface area contributed by atoms with Crippen molar-refractivity contribution < 1.29 is 9.47 Å². The van der Waals surface area contributed by atoms with Gasteiger partial charge >= 0.3 is 0 Å². The molecule has 0 fully saturated rings. The number of benzene rings is 3. The second kappa shape index (κ2) is 7.93. The van der Waals surface area contributed by atoms with Crippen molar-refractivity contribution in [3.8, 4) is 11.5 Å². The molecule has 30 heavy (non-hydrogen) atoms. The highest BCUT2D eigenvalue weighted by atomic mass is 16.7. The smallest absolute Gasteiger partial charge is 0.231 e. The lowest BCUT2D eigenvalue weighted by Gasteiger charge is -2.40. The molecular weight excluding hydrogens is 372 g/mol. The molecule has 5 rings (SSSR count). The Morgan fingerprint density at radius 3 is 2.60 bits per heavy atom. The Hall–Kier alpha value is -2.56. The molecule has 1 unspecified atom stereocenters. The van der Waals surface area contributed by atoms with Crippen LogP contribution in [0.1, 0.15) is 35.6 Å². The van der Waals surface area contributed by atoms with Crippen LogP contribution in [0.15, 0.2) is 48.5 Å². The lowest BCUT2D eigenvalue weighted by atomic mass is 9.97. The fourth-order valence-corrected chi connectivity index (χ4v) is 5.08. The molecule has 156 valence electrons. The van der Waals surface area contributed by atoms with Gasteiger partial charge < -0.3 is 9.47 Å². The molecule has 0 N–H and O–H groups in total. The lowest BCUT2D eigenvalue weighted by Crippen LogP contribution is -2.48. The molecule has 2 aliphatic heterocycles. The summed E-state index contributed by atoms with van der Waals surface area (Å²) in [4.78, 5) is 5.14. The molecular formula is C26H30N2O2. The fraction of sp³-hybridized carbons (Fsp3) is 0.385. The minimum absolute atomic E-state index is 0.340. The van der Waals surface area contributed by atoms with Gasteiger partial charge in [0.05, 0.1) is 6.17 Å². The largest absolute Gasteiger partial charge is 0.454 e. The van der Waals surface area contributed by atoms with E-state index in [-0.39, 0.29) is 0 Å². The van der Waals surface area contributed by atoms with Gasteiger partial charge in [-0.1, -0.05) is 43.3 Å². The molecule has 0 aromatic heterocycles. The van der Waals surface area contributed by atoms with Gasteiger partial charge in [-0.3, -0.25) is 9.80 Å². The molecule has 1 atom stereocenters. The fourth-order valence-electron chi connectivity index (χ4n) is 5.08. The topological polar surface area (TPSA) is 24.9 Å². The lowest BCUT2D eigenvalue weighted by molar-refractivity contribution is 0.0420. The van der Waals surface area contributed by atoms with E-state index in [1.165, 1.54) is 33.0 Å². The molecule has 0 saturated heterocycles. The van der Waals surface area contributed by atoms with Crippen molar-refractivity contribution in [1.29, 1.82) is 0 Å². The first-order chi connectivity index (χ1) is 14.6. The molecule has 3 aromatic carbocycles. The predicted molar refractivity (Wildman–Crippen MR) is 121 cm³/mol. The molecule has 4 heteroatoms. The van der Waals surface area contributed by atoms with E-state index in [4.69, 9.17) is 9.47 Å². The third-order valence-electron chi connectivity index (χ3n) is 6.71. The van der Waals surface area contributed by atoms with Gasteiger partial charge in [-0.05, 0) is 72.0 Å². The van der Waals surface area contributed by atoms with Crippen LogP contribution in [0.5, 0.6) is 11.5 Å². The summed E-state index contributed by atoms with van der Waals surface area (Å²) >= 11 is 0. The molecule has 0 saturated carbocycles. The van der Waals surface area contributed by atoms with Crippen LogP contribution >= 0.6 is 0 Å². The summed E-state index contributed by atoms with van der Waals surface area (Å²) in [6, 6.07) is 17.6. The zero-order valence-electron chi connectivity index (χ0n) is 18.1. The first kappa shape index (κ1) is 19.4. The van der Waals surface area contributed by atoms with Crippen LogP contribution in [0.25, 0.3) is 10.8 Å². The number of ether oxygens (including phenoxy) is 2. The SMILES string of the molecule is CCC(N(C)Cc1c(C)ccc2ccccc12)N1CCc2cc3c(cc2C1)OCO3. The van der Waals surface area contributed by atoms with Crippen LogP contribution in [-0.4, -0.2) is 36.4 Å². The standard InChI is InChI=1S/C26H30N2O2/c1-4-26(27(3)16-23-18(2)9-10-19-7-5-6-8-22(19)23)28-12-11-20-13-24-25(30-17-29-24)14-21(20)15-28/h5-10,13-14,26H,4,11-12,15-17H2,1-3H3. The third kappa shape index (κ3) is 3.44. The predicted octanol–water partition coefficient (Wildman–Crippen LogP) is 5.10. The highest BCUT2D eigenvalue weighted by Gasteiger charge is 2.28. The number of fused-ring (bicyclic) bond motifs is 3. The third-order valence-corrected chi connectivity index (χ3v) is 6.71. The van der Waals surface area contributed by atoms with E-state index < -0.39 is 0 Å². The highest BCUT2D eigenvalue weighted by molar-refractivity contribution is 5.86. The normalized spacial score (nSPS) is 16.8. The zero-order chi connectivity index (χ0) is 20.7. The van der Waals surface area contributed by atoms with E-state index in [0.717, 1.165) is 44.0 Å². The van der Waals surface area contributed by atoms with Crippen LogP contribution < -0.4 is 9.47 Å². The van der Waals surface area contributed by atoms with E-state index in [1.807, 2.05) is 0 Å². The van der Waals surface area contributed by atoms with E-state index in [1.54, 1.807) is 0 Å². The van der Waals surface area contributed by atoms with Crippen molar-refractivity contribution in [1.82, 2.24) is 9.80 Å². The maximum atomic E-state index is 5.62. The maximum absolute atomic E-state index is 5.62. The summed E-state index contributed by atoms with van der Waals surface area (Å²) in [5, 5.41) is 2.69. The molecule has 0 radical (unpaired) electrons. The van der Waals surface area contributed by atoms with Crippen LogP contribution in [0, 0.1) is 6.92 Å². The molecule has 0 spiro atoms. The van der Waals surface area contributed by atoms with Gasteiger partial charge in [0.25, 0.3) is 0 Å². The first-order valence-electron chi connectivity index (χ1n) is 11.0. The highest BCUT2D eigenvalue weighted by Crippen LogP contribution is 2.37. The summed E-state index contributed by atoms with van der Waals surface area (Å²) in [6.07, 6.45) is 2.56. The van der Waals surface area contributed by atoms with E-state index in [0.29, 0.717) is 13.0 Å². The average molecular weight is 403 g/mol. The number of hydrogen-bond acceptors (Lipinski definition) is 4. The Bertz CT molecular complexity index is 1080. The number of nitrogens with zero attached hydrogens (tertiary/aromatic N) is 2. The van der Waals surface area contributed by atoms with Gasteiger partial charge in [-0.2, -0.15) is 0 Å². The van der Waals surface area contributed by atoms with E-state index in [2.05, 4.69) is 79.2 Å². The summed E-state index contributed by atoms with van der Waals surface area (Å²) in [7, 11) is 2.27. The monoisotopic (exact) mass is 402 g/mol. The Morgan fingerprint density at radius 1 is 1.03 bits per heavy atom. The molecule has 0 bridgehead atoms. The molecule has 0 aliphatic carbocycles. The van der Waals surface area contributed by atoms with Crippen molar-refractivity contribution in [2.24, 2.45) is 0 Å². The van der Waals surface area contributed by atoms with Crippen molar-refractivity contribution in [2.75, 3.05) is 20.4 Å². The Kier molecular flexibility index (Phi) is 5.13. The van der Waals surface area contributed by atoms with Crippen LogP contribution in [0.3, 0.4) is 0 Å². The van der Waals surface area contributed by atoms with Crippen molar-refractivity contribution in [3.63, 3.8) is 0 Å². The average Bonchev–Trinajstić information content (AvgIpc) is 3.22. The van der Waals surface area contributed by atoms with E-state index >= 15 is 0 Å². The van der Waals surface area contributed by atoms with Crippen molar-refractivity contribution in [2.45, 2.75) is 45.9 Å². The number of aryl methyl sites for hydroxylation is 1. The summed E-state index contributed by atoms with van der Waals surface area (Å²) in [5.74, 6) is 1.79. The van der Waals surface area contributed by atoms with Crippen molar-refractivity contribution >= 4 is 10.8 Å². The summed E-state index contributed by atoms with van der Waals surface area (Å²) in [5.41, 5.74) is 5.58. The van der Waals surface area contributed by atoms with Gasteiger partial charge in [0.15, 0.2) is 11.5 Å². The molecule has 2 aliphatic rings. The second-order valence-corrected chi connectivity index (χ2v) is 8.58. The summed E-state index contributed by atoms with van der Waals surface area (Å²) in [6.45, 7) is 7.86. The minimum Gasteiger partial charge on any atom is -0.454 e. The Morgan fingerprint density at radius 2 is 1.80 bits per heavy atom. The molecule has 3 aromatic rings. The quantitative estimate of drug-likeness (QED) is 0.593. The molecule has 2 heterocycles. The first-order valence-corrected chi connectivity index (χ1v) is 11.0. The van der Waals surface area contributed by atoms with Crippen LogP contribution in [-0.2, 0) is 19.5 Å². The second-order valence-electron chi connectivity index (χ2n) is 8.58. The van der Waals surface area contributed by atoms with Gasteiger partial charge in [0.2, 0.25) is 6.79 Å². The zero-order valence-corrected chi connectivity index (χ0v) is 18.1. The molecule has 4 nitrogen and oxygen atoms in total. The van der Waals surface area contributed by atoms with Crippen molar-refractivity contribution in [3.05, 3.63) is 70.8 Å². The number of hydrogen-bond donors (Lipinski definition) is 0. The number of rotatable bonds is 5. The molecule has 0 amide bonds. The van der Waals surface area contributed by atoms with Crippen LogP contribution in [0.2, 0.25) is 0 Å². The van der Waals surface area contributed by atoms with Gasteiger partial charge in [-0.15, -0.1) is 0 Å². The van der Waals surface area contributed by atoms with Crippen LogP contribution in [0.4, 0.5) is 0 Å². The van der Waals surface area contributed by atoms with E-state index in [9.17, 15) is 0 Å². The Balaban J connectivity index is 1.38.